The van der Waals surface area contributed by atoms with Crippen LogP contribution in [0.25, 0.3) is 0 Å². The molecule has 2 aliphatic rings. The molecule has 0 atom stereocenters. The van der Waals surface area contributed by atoms with Gasteiger partial charge in [0.2, 0.25) is 5.91 Å². The van der Waals surface area contributed by atoms with E-state index in [-0.39, 0.29) is 35.7 Å². The summed E-state index contributed by atoms with van der Waals surface area (Å²) in [5, 5.41) is 5.82. The Balaban J connectivity index is 0.00000220. The van der Waals surface area contributed by atoms with Gasteiger partial charge in [-0.25, -0.2) is 8.42 Å². The number of carbonyl (C=O) groups excluding carboxylic acids is 1. The third-order valence-electron chi connectivity index (χ3n) is 4.09. The van der Waals surface area contributed by atoms with Crippen LogP contribution in [0.4, 0.5) is 0 Å². The van der Waals surface area contributed by atoms with E-state index in [2.05, 4.69) is 16.7 Å². The summed E-state index contributed by atoms with van der Waals surface area (Å²) in [7, 11) is -3.08. The van der Waals surface area contributed by atoms with Gasteiger partial charge in [-0.3, -0.25) is 4.79 Å². The van der Waals surface area contributed by atoms with Crippen LogP contribution in [0.2, 0.25) is 0 Å². The van der Waals surface area contributed by atoms with Gasteiger partial charge >= 0.3 is 0 Å². The zero-order chi connectivity index (χ0) is 14.4. The summed E-state index contributed by atoms with van der Waals surface area (Å²) >= 11 is 0. The summed E-state index contributed by atoms with van der Waals surface area (Å²) in [5.74, 6) is -0.171. The molecule has 1 fully saturated rings. The number of sulfone groups is 1. The molecule has 0 spiro atoms. The molecule has 0 unspecified atom stereocenters. The van der Waals surface area contributed by atoms with Crippen molar-refractivity contribution in [1.29, 1.82) is 0 Å². The third kappa shape index (κ3) is 5.96. The smallest absolute Gasteiger partial charge is 0.221 e. The van der Waals surface area contributed by atoms with Gasteiger partial charge in [-0.1, -0.05) is 24.5 Å². The molecule has 2 N–H and O–H groups in total. The molecule has 1 heterocycles. The molecule has 0 aromatic rings. The number of nitrogens with one attached hydrogen (secondary N) is 2. The van der Waals surface area contributed by atoms with E-state index in [9.17, 15) is 13.2 Å². The summed E-state index contributed by atoms with van der Waals surface area (Å²) < 4.78 is 24.1. The summed E-state index contributed by atoms with van der Waals surface area (Å²) in [5.41, 5.74) is 1.22. The highest BCUT2D eigenvalue weighted by molar-refractivity contribution is 7.92. The van der Waals surface area contributed by atoms with Crippen LogP contribution in [0.15, 0.2) is 11.6 Å². The Hall–Kier alpha value is -0.590. The molecular weight excluding hydrogens is 312 g/mol. The second kappa shape index (κ2) is 8.76. The van der Waals surface area contributed by atoms with Crippen LogP contribution in [0.1, 0.15) is 38.5 Å². The van der Waals surface area contributed by atoms with Crippen molar-refractivity contribution in [2.24, 2.45) is 0 Å². The van der Waals surface area contributed by atoms with Gasteiger partial charge in [0.1, 0.15) is 0 Å². The maximum absolute atomic E-state index is 12.0. The van der Waals surface area contributed by atoms with Crippen LogP contribution in [-0.4, -0.2) is 45.0 Å². The lowest BCUT2D eigenvalue weighted by Crippen LogP contribution is -2.31. The molecule has 0 aromatic heterocycles. The Morgan fingerprint density at radius 3 is 2.67 bits per heavy atom. The van der Waals surface area contributed by atoms with Crippen LogP contribution in [0.5, 0.6) is 0 Å². The number of hydrogen-bond acceptors (Lipinski definition) is 4. The molecule has 0 saturated heterocycles. The Kier molecular flexibility index (Phi) is 7.70. The quantitative estimate of drug-likeness (QED) is 0.714. The van der Waals surface area contributed by atoms with E-state index in [0.717, 1.165) is 45.2 Å². The van der Waals surface area contributed by atoms with Gasteiger partial charge < -0.3 is 10.6 Å². The molecule has 5 nitrogen and oxygen atoms in total. The minimum Gasteiger partial charge on any atom is -0.352 e. The van der Waals surface area contributed by atoms with Crippen molar-refractivity contribution in [3.63, 3.8) is 0 Å². The van der Waals surface area contributed by atoms with Gasteiger partial charge in [0, 0.05) is 19.5 Å². The molecule has 0 radical (unpaired) electrons. The van der Waals surface area contributed by atoms with Gasteiger partial charge in [0.25, 0.3) is 0 Å². The van der Waals surface area contributed by atoms with Gasteiger partial charge in [0.05, 0.1) is 11.0 Å². The number of rotatable bonds is 6. The van der Waals surface area contributed by atoms with E-state index in [1.165, 1.54) is 5.57 Å². The minimum atomic E-state index is -3.08. The zero-order valence-electron chi connectivity index (χ0n) is 12.3. The van der Waals surface area contributed by atoms with E-state index >= 15 is 0 Å². The lowest BCUT2D eigenvalue weighted by Gasteiger charge is -2.15. The molecule has 1 amide bonds. The van der Waals surface area contributed by atoms with Crippen LogP contribution < -0.4 is 10.6 Å². The highest BCUT2D eigenvalue weighted by atomic mass is 35.5. The fourth-order valence-corrected chi connectivity index (χ4v) is 4.63. The first-order chi connectivity index (χ1) is 9.58. The lowest BCUT2D eigenvalue weighted by atomic mass is 10.1. The van der Waals surface area contributed by atoms with E-state index < -0.39 is 9.84 Å². The summed E-state index contributed by atoms with van der Waals surface area (Å²) in [6.45, 7) is 2.34. The largest absolute Gasteiger partial charge is 0.352 e. The Morgan fingerprint density at radius 1 is 1.33 bits per heavy atom. The van der Waals surface area contributed by atoms with E-state index in [1.807, 2.05) is 0 Å². The maximum atomic E-state index is 12.0. The SMILES string of the molecule is Cl.O=C(CCS(=O)(=O)C1CCCC1)NCC1=CCNCC1. The van der Waals surface area contributed by atoms with Crippen molar-refractivity contribution < 1.29 is 13.2 Å². The first-order valence-electron chi connectivity index (χ1n) is 7.45. The van der Waals surface area contributed by atoms with Crippen LogP contribution in [0, 0.1) is 0 Å². The van der Waals surface area contributed by atoms with Crippen LogP contribution in [0.3, 0.4) is 0 Å². The molecule has 2 rings (SSSR count). The number of hydrogen-bond donors (Lipinski definition) is 2. The molecule has 0 bridgehead atoms. The topological polar surface area (TPSA) is 75.3 Å². The molecule has 0 aromatic carbocycles. The summed E-state index contributed by atoms with van der Waals surface area (Å²) in [4.78, 5) is 11.7. The molecule has 1 saturated carbocycles. The number of halogens is 1. The second-order valence-corrected chi connectivity index (χ2v) is 8.02. The highest BCUT2D eigenvalue weighted by Gasteiger charge is 2.28. The third-order valence-corrected chi connectivity index (χ3v) is 6.35. The normalized spacial score (nSPS) is 19.7. The van der Waals surface area contributed by atoms with E-state index in [0.29, 0.717) is 6.54 Å². The number of carbonyl (C=O) groups is 1. The average Bonchev–Trinajstić information content (AvgIpc) is 2.99. The molecule has 21 heavy (non-hydrogen) atoms. The minimum absolute atomic E-state index is 0. The molecule has 7 heteroatoms. The van der Waals surface area contributed by atoms with Crippen LogP contribution in [-0.2, 0) is 14.6 Å². The fourth-order valence-electron chi connectivity index (χ4n) is 2.78. The molecule has 1 aliphatic heterocycles. The highest BCUT2D eigenvalue weighted by Crippen LogP contribution is 2.25. The Morgan fingerprint density at radius 2 is 2.05 bits per heavy atom. The summed E-state index contributed by atoms with van der Waals surface area (Å²) in [6, 6.07) is 0. The number of amides is 1. The van der Waals surface area contributed by atoms with Crippen molar-refractivity contribution in [3.8, 4) is 0 Å². The monoisotopic (exact) mass is 336 g/mol. The van der Waals surface area contributed by atoms with Gasteiger partial charge in [-0.15, -0.1) is 12.4 Å². The van der Waals surface area contributed by atoms with Gasteiger partial charge in [-0.05, 0) is 25.8 Å². The van der Waals surface area contributed by atoms with E-state index in [1.54, 1.807) is 0 Å². The fraction of sp³-hybridized carbons (Fsp3) is 0.786. The predicted molar refractivity (Wildman–Crippen MR) is 86.5 cm³/mol. The van der Waals surface area contributed by atoms with Gasteiger partial charge in [-0.2, -0.15) is 0 Å². The average molecular weight is 337 g/mol. The van der Waals surface area contributed by atoms with Gasteiger partial charge in [0.15, 0.2) is 9.84 Å². The lowest BCUT2D eigenvalue weighted by molar-refractivity contribution is -0.120. The second-order valence-electron chi connectivity index (χ2n) is 5.62. The van der Waals surface area contributed by atoms with Crippen LogP contribution >= 0.6 is 12.4 Å². The molecule has 1 aliphatic carbocycles. The van der Waals surface area contributed by atoms with Crippen molar-refractivity contribution in [2.75, 3.05) is 25.4 Å². The predicted octanol–water partition coefficient (Wildman–Crippen LogP) is 1.19. The van der Waals surface area contributed by atoms with E-state index in [4.69, 9.17) is 0 Å². The molecular formula is C14H25ClN2O3S. The first kappa shape index (κ1) is 18.5. The van der Waals surface area contributed by atoms with Crippen molar-refractivity contribution in [2.45, 2.75) is 43.8 Å². The zero-order valence-corrected chi connectivity index (χ0v) is 13.9. The Bertz CT molecular complexity index is 471. The summed E-state index contributed by atoms with van der Waals surface area (Å²) in [6.07, 6.45) is 6.65. The maximum Gasteiger partial charge on any atom is 0.221 e. The first-order valence-corrected chi connectivity index (χ1v) is 9.16. The van der Waals surface area contributed by atoms with Crippen molar-refractivity contribution in [1.82, 2.24) is 10.6 Å². The van der Waals surface area contributed by atoms with Crippen molar-refractivity contribution >= 4 is 28.2 Å². The molecule has 122 valence electrons. The standard InChI is InChI=1S/C14H24N2O3S.ClH/c17-14(16-11-12-5-8-15-9-6-12)7-10-20(18,19)13-3-1-2-4-13;/h5,13,15H,1-4,6-11H2,(H,16,17);1H. The van der Waals surface area contributed by atoms with Crippen molar-refractivity contribution in [3.05, 3.63) is 11.6 Å². The Labute approximate surface area is 133 Å².